The molecule has 0 spiro atoms. The predicted octanol–water partition coefficient (Wildman–Crippen LogP) is -0.458. The summed E-state index contributed by atoms with van der Waals surface area (Å²) < 4.78 is 15.1. The topological polar surface area (TPSA) is 115 Å². The number of halogens is 1. The fraction of sp³-hybridized carbons (Fsp3) is 0.556. The minimum absolute atomic E-state index is 0.181. The van der Waals surface area contributed by atoms with Crippen LogP contribution in [0, 0.1) is 12.7 Å². The summed E-state index contributed by atoms with van der Waals surface area (Å²) in [7, 11) is 0. The third kappa shape index (κ3) is 4.33. The van der Waals surface area contributed by atoms with Gasteiger partial charge in [0.05, 0.1) is 24.9 Å². The average molecular weight is 380 g/mol. The number of likely N-dealkylation sites (tertiary alicyclic amines) is 1. The second-order valence-electron chi connectivity index (χ2n) is 6.98. The molecule has 8 nitrogen and oxygen atoms in total. The van der Waals surface area contributed by atoms with Gasteiger partial charge in [0, 0.05) is 25.2 Å². The highest BCUT2D eigenvalue weighted by Crippen LogP contribution is 2.21. The zero-order chi connectivity index (χ0) is 19.6. The summed E-state index contributed by atoms with van der Waals surface area (Å²) in [6.07, 6.45) is -1.08. The van der Waals surface area contributed by atoms with Crippen molar-refractivity contribution in [3.05, 3.63) is 35.8 Å². The maximum Gasteiger partial charge on any atom is 0.126 e. The lowest BCUT2D eigenvalue weighted by molar-refractivity contribution is -0.145. The van der Waals surface area contributed by atoms with Gasteiger partial charge in [-0.05, 0) is 37.1 Å². The van der Waals surface area contributed by atoms with Gasteiger partial charge in [-0.25, -0.2) is 4.39 Å². The first-order valence-corrected chi connectivity index (χ1v) is 8.96. The molecule has 27 heavy (non-hydrogen) atoms. The Bertz CT molecular complexity index is 772. The molecule has 0 radical (unpaired) electrons. The Labute approximate surface area is 156 Å². The number of hydrogen-bond donors (Lipinski definition) is 4. The summed E-state index contributed by atoms with van der Waals surface area (Å²) >= 11 is 0. The van der Waals surface area contributed by atoms with Crippen LogP contribution in [-0.4, -0.2) is 84.4 Å². The van der Waals surface area contributed by atoms with Crippen LogP contribution in [0.5, 0.6) is 0 Å². The zero-order valence-corrected chi connectivity index (χ0v) is 15.1. The minimum Gasteiger partial charge on any atom is -0.395 e. The summed E-state index contributed by atoms with van der Waals surface area (Å²) in [6.45, 7) is 2.63. The third-order valence-corrected chi connectivity index (χ3v) is 5.04. The van der Waals surface area contributed by atoms with Gasteiger partial charge in [-0.1, -0.05) is 5.21 Å². The highest BCUT2D eigenvalue weighted by Gasteiger charge is 2.40. The molecule has 0 bridgehead atoms. The Morgan fingerprint density at radius 3 is 2.67 bits per heavy atom. The molecule has 9 heteroatoms. The zero-order valence-electron chi connectivity index (χ0n) is 15.1. The Hall–Kier alpha value is -1.91. The summed E-state index contributed by atoms with van der Waals surface area (Å²) in [5.74, 6) is -0.263. The molecule has 1 aliphatic heterocycles. The molecular formula is C18H25FN4O4. The number of aliphatic hydroxyl groups is 4. The van der Waals surface area contributed by atoms with E-state index in [9.17, 15) is 24.8 Å². The van der Waals surface area contributed by atoms with E-state index in [1.165, 1.54) is 6.07 Å². The fourth-order valence-corrected chi connectivity index (χ4v) is 3.42. The van der Waals surface area contributed by atoms with Crippen molar-refractivity contribution in [2.24, 2.45) is 0 Å². The highest BCUT2D eigenvalue weighted by atomic mass is 19.1. The molecule has 0 amide bonds. The highest BCUT2D eigenvalue weighted by molar-refractivity contribution is 5.58. The molecular weight excluding hydrogens is 355 g/mol. The number of β-amino-alcohol motifs (C(OH)–C–C–N with tert-alkyl or cyclic N) is 1. The molecule has 2 aromatic rings. The van der Waals surface area contributed by atoms with Crippen LogP contribution in [0.2, 0.25) is 0 Å². The van der Waals surface area contributed by atoms with E-state index in [-0.39, 0.29) is 19.0 Å². The molecule has 148 valence electrons. The van der Waals surface area contributed by atoms with Gasteiger partial charge in [-0.2, -0.15) is 0 Å². The van der Waals surface area contributed by atoms with Crippen molar-refractivity contribution in [3.8, 4) is 11.3 Å². The molecule has 1 fully saturated rings. The third-order valence-electron chi connectivity index (χ3n) is 5.04. The van der Waals surface area contributed by atoms with Crippen LogP contribution in [0.4, 0.5) is 4.39 Å². The van der Waals surface area contributed by atoms with Crippen LogP contribution in [0.3, 0.4) is 0 Å². The Morgan fingerprint density at radius 2 is 1.96 bits per heavy atom. The number of aryl methyl sites for hydroxylation is 2. The summed E-state index contributed by atoms with van der Waals surface area (Å²) in [4.78, 5) is 1.77. The van der Waals surface area contributed by atoms with Gasteiger partial charge in [-0.15, -0.1) is 5.10 Å². The number of aromatic nitrogens is 3. The van der Waals surface area contributed by atoms with E-state index in [2.05, 4.69) is 10.3 Å². The lowest BCUT2D eigenvalue weighted by Gasteiger charge is -2.43. The fourth-order valence-electron chi connectivity index (χ4n) is 3.42. The summed E-state index contributed by atoms with van der Waals surface area (Å²) in [6, 6.07) is 4.17. The number of hydrogen-bond acceptors (Lipinski definition) is 7. The van der Waals surface area contributed by atoms with Crippen LogP contribution in [0.25, 0.3) is 11.3 Å². The molecule has 1 saturated heterocycles. The number of benzene rings is 1. The second kappa shape index (κ2) is 8.41. The summed E-state index contributed by atoms with van der Waals surface area (Å²) in [5, 5.41) is 47.2. The second-order valence-corrected chi connectivity index (χ2v) is 6.98. The molecule has 0 unspecified atom stereocenters. The van der Waals surface area contributed by atoms with Gasteiger partial charge in [-0.3, -0.25) is 9.58 Å². The smallest absolute Gasteiger partial charge is 0.126 e. The van der Waals surface area contributed by atoms with E-state index in [0.29, 0.717) is 30.8 Å². The quantitative estimate of drug-likeness (QED) is 0.536. The number of aliphatic hydroxyl groups excluding tert-OH is 4. The van der Waals surface area contributed by atoms with Crippen molar-refractivity contribution in [1.82, 2.24) is 19.9 Å². The maximum absolute atomic E-state index is 13.4. The predicted molar refractivity (Wildman–Crippen MR) is 95.2 cm³/mol. The SMILES string of the molecule is Cc1cc(-c2cn(CCCN3C[C@H](O)[C@@H](O)[C@H](O)[C@H]3CO)nn2)ccc1F. The standard InChI is InChI=1S/C18H25FN4O4/c1-11-7-12(3-4-13(11)19)14-8-23(21-20-14)6-2-5-22-9-16(25)18(27)17(26)15(22)10-24/h3-4,7-8,15-18,24-27H,2,5-6,9-10H2,1H3/t15-,16+,17-,18-/m1/s1. The monoisotopic (exact) mass is 380 g/mol. The molecule has 2 heterocycles. The molecule has 0 aliphatic carbocycles. The van der Waals surface area contributed by atoms with Gasteiger partial charge >= 0.3 is 0 Å². The van der Waals surface area contributed by atoms with Gasteiger partial charge in [0.25, 0.3) is 0 Å². The molecule has 4 N–H and O–H groups in total. The van der Waals surface area contributed by atoms with Crippen molar-refractivity contribution in [2.45, 2.75) is 44.2 Å². The molecule has 1 aliphatic rings. The van der Waals surface area contributed by atoms with Crippen LogP contribution in [0.1, 0.15) is 12.0 Å². The first-order chi connectivity index (χ1) is 12.9. The van der Waals surface area contributed by atoms with E-state index in [0.717, 1.165) is 5.56 Å². The van der Waals surface area contributed by atoms with Gasteiger partial charge in [0.1, 0.15) is 23.7 Å². The maximum atomic E-state index is 13.4. The van der Waals surface area contributed by atoms with Gasteiger partial charge in [0.15, 0.2) is 0 Å². The number of rotatable bonds is 6. The van der Waals surface area contributed by atoms with Gasteiger partial charge in [0.2, 0.25) is 0 Å². The van der Waals surface area contributed by atoms with Gasteiger partial charge < -0.3 is 20.4 Å². The molecule has 1 aromatic carbocycles. The van der Waals surface area contributed by atoms with Crippen LogP contribution < -0.4 is 0 Å². The van der Waals surface area contributed by atoms with Crippen molar-refractivity contribution in [1.29, 1.82) is 0 Å². The van der Waals surface area contributed by atoms with E-state index >= 15 is 0 Å². The molecule has 0 saturated carbocycles. The van der Waals surface area contributed by atoms with Crippen LogP contribution >= 0.6 is 0 Å². The summed E-state index contributed by atoms with van der Waals surface area (Å²) in [5.41, 5.74) is 1.98. The molecule has 3 rings (SSSR count). The Kier molecular flexibility index (Phi) is 6.18. The van der Waals surface area contributed by atoms with E-state index in [4.69, 9.17) is 0 Å². The lowest BCUT2D eigenvalue weighted by Crippen LogP contribution is -2.62. The molecule has 4 atom stereocenters. The van der Waals surface area contributed by atoms with Crippen molar-refractivity contribution >= 4 is 0 Å². The Morgan fingerprint density at radius 1 is 1.19 bits per heavy atom. The number of piperidine rings is 1. The Balaban J connectivity index is 1.58. The van der Waals surface area contributed by atoms with Crippen LogP contribution in [-0.2, 0) is 6.54 Å². The van der Waals surface area contributed by atoms with Crippen molar-refractivity contribution in [3.63, 3.8) is 0 Å². The molecule has 1 aromatic heterocycles. The average Bonchev–Trinajstić information content (AvgIpc) is 3.11. The van der Waals surface area contributed by atoms with Crippen LogP contribution in [0.15, 0.2) is 24.4 Å². The van der Waals surface area contributed by atoms with E-state index in [1.807, 2.05) is 0 Å². The van der Waals surface area contributed by atoms with E-state index < -0.39 is 24.4 Å². The largest absolute Gasteiger partial charge is 0.395 e. The minimum atomic E-state index is -1.25. The first kappa shape index (κ1) is 19.8. The van der Waals surface area contributed by atoms with E-state index in [1.54, 1.807) is 34.8 Å². The lowest BCUT2D eigenvalue weighted by atomic mass is 9.94. The van der Waals surface area contributed by atoms with Crippen molar-refractivity contribution in [2.75, 3.05) is 19.7 Å². The number of nitrogens with zero attached hydrogens (tertiary/aromatic N) is 4. The van der Waals surface area contributed by atoms with Crippen molar-refractivity contribution < 1.29 is 24.8 Å². The first-order valence-electron chi connectivity index (χ1n) is 8.96. The normalized spacial score (nSPS) is 26.4.